The molecule has 1 atom stereocenters. The molecule has 0 unspecified atom stereocenters. The molecule has 31 heavy (non-hydrogen) atoms. The van der Waals surface area contributed by atoms with Gasteiger partial charge in [-0.05, 0) is 63.2 Å². The number of carbonyl (C=O) groups is 1. The van der Waals surface area contributed by atoms with Gasteiger partial charge in [0.25, 0.3) is 5.91 Å². The van der Waals surface area contributed by atoms with Gasteiger partial charge in [0.05, 0.1) is 31.6 Å². The van der Waals surface area contributed by atoms with Gasteiger partial charge in [-0.2, -0.15) is 10.2 Å². The smallest absolute Gasteiger partial charge is 0.269 e. The Labute approximate surface area is 183 Å². The number of nitrogens with one attached hydrogen (secondary N) is 2. The molecular formula is C22H34N6O3. The van der Waals surface area contributed by atoms with Crippen LogP contribution in [-0.2, 0) is 22.6 Å². The second-order valence-corrected chi connectivity index (χ2v) is 8.93. The molecule has 2 fully saturated rings. The normalized spacial score (nSPS) is 21.4. The summed E-state index contributed by atoms with van der Waals surface area (Å²) in [6.07, 6.45) is 6.19. The Morgan fingerprint density at radius 3 is 2.90 bits per heavy atom. The Morgan fingerprint density at radius 1 is 1.39 bits per heavy atom. The van der Waals surface area contributed by atoms with Crippen LogP contribution in [0.3, 0.4) is 0 Å². The monoisotopic (exact) mass is 430 g/mol. The molecule has 0 radical (unpaired) electrons. The average Bonchev–Trinajstić information content (AvgIpc) is 3.42. The van der Waals surface area contributed by atoms with E-state index < -0.39 is 0 Å². The fourth-order valence-electron chi connectivity index (χ4n) is 4.62. The summed E-state index contributed by atoms with van der Waals surface area (Å²) < 4.78 is 12.9. The number of ether oxygens (including phenoxy) is 2. The summed E-state index contributed by atoms with van der Waals surface area (Å²) in [7, 11) is 1.64. The number of likely N-dealkylation sites (tertiary alicyclic amines) is 1. The highest BCUT2D eigenvalue weighted by atomic mass is 16.5. The van der Waals surface area contributed by atoms with E-state index in [0.29, 0.717) is 25.4 Å². The Hall–Kier alpha value is -2.23. The summed E-state index contributed by atoms with van der Waals surface area (Å²) in [4.78, 5) is 15.0. The highest BCUT2D eigenvalue weighted by Gasteiger charge is 2.39. The molecule has 9 heteroatoms. The molecule has 4 heterocycles. The van der Waals surface area contributed by atoms with E-state index >= 15 is 0 Å². The summed E-state index contributed by atoms with van der Waals surface area (Å²) >= 11 is 0. The first-order valence-electron chi connectivity index (χ1n) is 11.2. The summed E-state index contributed by atoms with van der Waals surface area (Å²) in [5.74, 6) is -0.112. The van der Waals surface area contributed by atoms with E-state index in [1.807, 2.05) is 6.92 Å². The minimum Gasteiger partial charge on any atom is -0.383 e. The fraction of sp³-hybridized carbons (Fsp3) is 0.682. The van der Waals surface area contributed by atoms with Gasteiger partial charge in [0.1, 0.15) is 5.69 Å². The van der Waals surface area contributed by atoms with Gasteiger partial charge in [0, 0.05) is 32.1 Å². The Kier molecular flexibility index (Phi) is 7.04. The van der Waals surface area contributed by atoms with Gasteiger partial charge in [-0.3, -0.25) is 19.5 Å². The Morgan fingerprint density at radius 2 is 2.23 bits per heavy atom. The standard InChI is InChI=1S/C22H34N6O3/c1-17-13-18(26-25-17)15-27-9-6-22(7-10-27)5-3-19(31-16-22)14-23-21(29)20-4-8-24-28(20)11-12-30-2/h4,8,13,19H,3,5-7,9-12,14-16H2,1-2H3,(H,23,29)(H,25,26)/t19-/m0/s1. The van der Waals surface area contributed by atoms with Crippen molar-refractivity contribution in [3.8, 4) is 0 Å². The molecule has 2 saturated heterocycles. The topological polar surface area (TPSA) is 97.3 Å². The molecule has 4 rings (SSSR count). The van der Waals surface area contributed by atoms with E-state index in [9.17, 15) is 4.79 Å². The van der Waals surface area contributed by atoms with Crippen molar-refractivity contribution in [3.05, 3.63) is 35.4 Å². The molecule has 2 aliphatic heterocycles. The predicted molar refractivity (Wildman–Crippen MR) is 116 cm³/mol. The SMILES string of the molecule is COCCn1nccc1C(=O)NC[C@@H]1CCC2(CCN(Cc3cc(C)[nH]n3)CC2)CO1. The second kappa shape index (κ2) is 9.93. The van der Waals surface area contributed by atoms with Crippen molar-refractivity contribution < 1.29 is 14.3 Å². The lowest BCUT2D eigenvalue weighted by Crippen LogP contribution is -2.47. The maximum Gasteiger partial charge on any atom is 0.269 e. The molecule has 1 spiro atoms. The fourth-order valence-corrected chi connectivity index (χ4v) is 4.62. The summed E-state index contributed by atoms with van der Waals surface area (Å²) in [5, 5.41) is 14.6. The van der Waals surface area contributed by atoms with Crippen LogP contribution in [0.25, 0.3) is 0 Å². The zero-order valence-electron chi connectivity index (χ0n) is 18.6. The number of H-pyrrole nitrogens is 1. The number of hydrogen-bond acceptors (Lipinski definition) is 6. The highest BCUT2D eigenvalue weighted by molar-refractivity contribution is 5.92. The third kappa shape index (κ3) is 5.53. The second-order valence-electron chi connectivity index (χ2n) is 8.93. The van der Waals surface area contributed by atoms with Crippen molar-refractivity contribution in [2.24, 2.45) is 5.41 Å². The van der Waals surface area contributed by atoms with Crippen molar-refractivity contribution in [2.45, 2.75) is 51.8 Å². The van der Waals surface area contributed by atoms with Crippen LogP contribution in [0.2, 0.25) is 0 Å². The lowest BCUT2D eigenvalue weighted by atomic mass is 9.73. The largest absolute Gasteiger partial charge is 0.383 e. The average molecular weight is 431 g/mol. The van der Waals surface area contributed by atoms with E-state index in [1.165, 1.54) is 0 Å². The minimum atomic E-state index is -0.112. The van der Waals surface area contributed by atoms with Crippen LogP contribution < -0.4 is 5.32 Å². The third-order valence-electron chi connectivity index (χ3n) is 6.63. The van der Waals surface area contributed by atoms with E-state index in [1.54, 1.807) is 24.1 Å². The molecule has 0 aliphatic carbocycles. The Balaban J connectivity index is 1.19. The van der Waals surface area contributed by atoms with Gasteiger partial charge in [-0.25, -0.2) is 0 Å². The predicted octanol–water partition coefficient (Wildman–Crippen LogP) is 1.75. The lowest BCUT2D eigenvalue weighted by Gasteiger charge is -2.45. The van der Waals surface area contributed by atoms with Crippen molar-refractivity contribution in [3.63, 3.8) is 0 Å². The van der Waals surface area contributed by atoms with Gasteiger partial charge in [-0.1, -0.05) is 0 Å². The molecule has 0 saturated carbocycles. The number of amides is 1. The van der Waals surface area contributed by atoms with Crippen LogP contribution in [-0.4, -0.2) is 76.8 Å². The molecule has 2 aliphatic rings. The maximum atomic E-state index is 12.5. The summed E-state index contributed by atoms with van der Waals surface area (Å²) in [6, 6.07) is 3.86. The zero-order valence-corrected chi connectivity index (χ0v) is 18.6. The quantitative estimate of drug-likeness (QED) is 0.662. The molecule has 2 aromatic rings. The van der Waals surface area contributed by atoms with Gasteiger partial charge >= 0.3 is 0 Å². The molecule has 1 amide bonds. The first-order chi connectivity index (χ1) is 15.1. The number of hydrogen-bond donors (Lipinski definition) is 2. The Bertz CT molecular complexity index is 845. The zero-order chi connectivity index (χ0) is 21.7. The van der Waals surface area contributed by atoms with Gasteiger partial charge in [0.15, 0.2) is 0 Å². The molecule has 9 nitrogen and oxygen atoms in total. The van der Waals surface area contributed by atoms with Crippen molar-refractivity contribution >= 4 is 5.91 Å². The number of piperidine rings is 1. The third-order valence-corrected chi connectivity index (χ3v) is 6.63. The number of aromatic amines is 1. The number of methoxy groups -OCH3 is 1. The van der Waals surface area contributed by atoms with Crippen LogP contribution in [0.4, 0.5) is 0 Å². The van der Waals surface area contributed by atoms with Crippen LogP contribution in [0.5, 0.6) is 0 Å². The number of aryl methyl sites for hydroxylation is 1. The van der Waals surface area contributed by atoms with Crippen LogP contribution in [0, 0.1) is 12.3 Å². The number of aromatic nitrogens is 4. The van der Waals surface area contributed by atoms with E-state index in [2.05, 4.69) is 31.6 Å². The van der Waals surface area contributed by atoms with E-state index in [-0.39, 0.29) is 17.4 Å². The maximum absolute atomic E-state index is 12.5. The molecule has 170 valence electrons. The summed E-state index contributed by atoms with van der Waals surface area (Å²) in [5.41, 5.74) is 3.08. The number of rotatable bonds is 8. The van der Waals surface area contributed by atoms with Crippen molar-refractivity contribution in [2.75, 3.05) is 40.0 Å². The molecule has 2 aromatic heterocycles. The molecular weight excluding hydrogens is 396 g/mol. The minimum absolute atomic E-state index is 0.0787. The first kappa shape index (κ1) is 22.0. The molecule has 0 bridgehead atoms. The van der Waals surface area contributed by atoms with Crippen LogP contribution >= 0.6 is 0 Å². The van der Waals surface area contributed by atoms with Gasteiger partial charge in [-0.15, -0.1) is 0 Å². The molecule has 0 aromatic carbocycles. The highest BCUT2D eigenvalue weighted by Crippen LogP contribution is 2.40. The number of nitrogens with zero attached hydrogens (tertiary/aromatic N) is 4. The van der Waals surface area contributed by atoms with Crippen LogP contribution in [0.15, 0.2) is 18.3 Å². The first-order valence-corrected chi connectivity index (χ1v) is 11.2. The van der Waals surface area contributed by atoms with E-state index in [0.717, 1.165) is 63.3 Å². The van der Waals surface area contributed by atoms with Gasteiger partial charge < -0.3 is 14.8 Å². The lowest BCUT2D eigenvalue weighted by molar-refractivity contribution is -0.0845. The summed E-state index contributed by atoms with van der Waals surface area (Å²) in [6.45, 7) is 7.53. The number of carbonyl (C=O) groups excluding carboxylic acids is 1. The van der Waals surface area contributed by atoms with Crippen molar-refractivity contribution in [1.29, 1.82) is 0 Å². The van der Waals surface area contributed by atoms with E-state index in [4.69, 9.17) is 9.47 Å². The van der Waals surface area contributed by atoms with Crippen molar-refractivity contribution in [1.82, 2.24) is 30.2 Å². The molecule has 2 N–H and O–H groups in total. The van der Waals surface area contributed by atoms with Crippen LogP contribution in [0.1, 0.15) is 47.6 Å². The van der Waals surface area contributed by atoms with Gasteiger partial charge in [0.2, 0.25) is 0 Å².